The first-order valence-corrected chi connectivity index (χ1v) is 16.4. The predicted octanol–water partition coefficient (Wildman–Crippen LogP) is 3.99. The number of aryl methyl sites for hydroxylation is 1. The largest absolute Gasteiger partial charge is 0.507 e. The fourth-order valence-electron chi connectivity index (χ4n) is 7.10. The number of piperidine rings is 1. The van der Waals surface area contributed by atoms with Gasteiger partial charge in [-0.3, -0.25) is 19.2 Å². The van der Waals surface area contributed by atoms with E-state index in [9.17, 15) is 24.3 Å². The van der Waals surface area contributed by atoms with Crippen LogP contribution in [0.4, 0.5) is 0 Å². The molecule has 3 atom stereocenters. The third-order valence-corrected chi connectivity index (χ3v) is 9.91. The summed E-state index contributed by atoms with van der Waals surface area (Å²) in [6, 6.07) is 17.3. The van der Waals surface area contributed by atoms with Crippen molar-refractivity contribution in [3.05, 3.63) is 89.0 Å². The van der Waals surface area contributed by atoms with Crippen LogP contribution in [0.1, 0.15) is 67.1 Å². The monoisotopic (exact) mass is 638 g/mol. The highest BCUT2D eigenvalue weighted by molar-refractivity contribution is 6.00. The quantitative estimate of drug-likeness (QED) is 0.314. The van der Waals surface area contributed by atoms with E-state index in [-0.39, 0.29) is 35.0 Å². The molecule has 0 unspecified atom stereocenters. The number of phenols is 1. The molecule has 0 saturated carbocycles. The van der Waals surface area contributed by atoms with Gasteiger partial charge in [0.05, 0.1) is 5.56 Å². The fourth-order valence-corrected chi connectivity index (χ4v) is 7.10. The molecule has 0 aromatic heterocycles. The number of amides is 4. The summed E-state index contributed by atoms with van der Waals surface area (Å²) in [5, 5.41) is 18.7. The zero-order valence-corrected chi connectivity index (χ0v) is 27.0. The molecule has 1 spiro atoms. The number of fused-ring (bicyclic) bond motifs is 13. The zero-order valence-electron chi connectivity index (χ0n) is 27.0. The van der Waals surface area contributed by atoms with Gasteiger partial charge in [0.1, 0.15) is 35.4 Å². The number of phenolic OH excluding ortho intramolecular Hbond substituents is 1. The first kappa shape index (κ1) is 32.1. The summed E-state index contributed by atoms with van der Waals surface area (Å²) in [6.45, 7) is 6.29. The van der Waals surface area contributed by atoms with Crippen molar-refractivity contribution < 1.29 is 29.0 Å². The number of likely N-dealkylation sites (tertiary alicyclic amines) is 1. The molecule has 246 valence electrons. The van der Waals surface area contributed by atoms with Crippen LogP contribution in [0.5, 0.6) is 17.2 Å². The Morgan fingerprint density at radius 3 is 2.32 bits per heavy atom. The van der Waals surface area contributed by atoms with E-state index in [0.29, 0.717) is 24.6 Å². The summed E-state index contributed by atoms with van der Waals surface area (Å²) >= 11 is 0. The molecule has 10 heteroatoms. The van der Waals surface area contributed by atoms with Crippen molar-refractivity contribution in [2.45, 2.75) is 76.4 Å². The van der Waals surface area contributed by atoms with E-state index in [1.54, 1.807) is 39.0 Å². The molecule has 0 radical (unpaired) electrons. The van der Waals surface area contributed by atoms with Crippen LogP contribution in [0.15, 0.2) is 66.7 Å². The van der Waals surface area contributed by atoms with Gasteiger partial charge in [0.2, 0.25) is 17.7 Å². The Morgan fingerprint density at radius 1 is 0.894 bits per heavy atom. The van der Waals surface area contributed by atoms with Gasteiger partial charge in [0, 0.05) is 19.5 Å². The molecule has 4 amide bonds. The Bertz CT molecular complexity index is 1680. The number of carbonyl (C=O) groups excluding carboxylic acids is 4. The second-order valence-corrected chi connectivity index (χ2v) is 13.4. The standard InChI is InChI=1S/C37H42N4O6/c1-22(2)32-35(45)38-23(3)33(43)39-30(36(46)41-18-16-37(17-19-41)15-14-25-6-4-5-7-29(25)37)20-24-8-10-26(11-9-24)47-27-12-13-31(42)28(21-27)34(44)40-32/h4-13,21-23,30,32,42H,14-20H2,1-3H3,(H,38,45)(H,39,43)(H,40,44)/t23-,30-,32-/m0/s1. The van der Waals surface area contributed by atoms with Gasteiger partial charge in [-0.25, -0.2) is 0 Å². The highest BCUT2D eigenvalue weighted by Crippen LogP contribution is 2.46. The van der Waals surface area contributed by atoms with Crippen molar-refractivity contribution in [3.63, 3.8) is 0 Å². The predicted molar refractivity (Wildman–Crippen MR) is 176 cm³/mol. The van der Waals surface area contributed by atoms with E-state index in [1.807, 2.05) is 17.0 Å². The maximum atomic E-state index is 14.1. The summed E-state index contributed by atoms with van der Waals surface area (Å²) in [6.07, 6.45) is 4.14. The molecule has 7 rings (SSSR count). The van der Waals surface area contributed by atoms with Gasteiger partial charge in [-0.1, -0.05) is 50.2 Å². The molecule has 4 bridgehead atoms. The Balaban J connectivity index is 1.26. The molecule has 47 heavy (non-hydrogen) atoms. The number of carbonyl (C=O) groups is 4. The van der Waals surface area contributed by atoms with Crippen LogP contribution in [-0.4, -0.2) is 64.9 Å². The van der Waals surface area contributed by atoms with Crippen molar-refractivity contribution in [3.8, 4) is 17.2 Å². The Kier molecular flexibility index (Phi) is 8.94. The van der Waals surface area contributed by atoms with Gasteiger partial charge < -0.3 is 30.7 Å². The molecular formula is C37H42N4O6. The number of hydrogen-bond donors (Lipinski definition) is 4. The van der Waals surface area contributed by atoms with Crippen molar-refractivity contribution in [1.82, 2.24) is 20.9 Å². The third-order valence-electron chi connectivity index (χ3n) is 9.91. The van der Waals surface area contributed by atoms with E-state index in [4.69, 9.17) is 4.74 Å². The fraction of sp³-hybridized carbons (Fsp3) is 0.405. The lowest BCUT2D eigenvalue weighted by molar-refractivity contribution is -0.138. The summed E-state index contributed by atoms with van der Waals surface area (Å²) in [5.74, 6) is -1.65. The number of aromatic hydroxyl groups is 1. The van der Waals surface area contributed by atoms with Crippen molar-refractivity contribution in [1.29, 1.82) is 0 Å². The topological polar surface area (TPSA) is 137 Å². The van der Waals surface area contributed by atoms with Crippen LogP contribution in [0, 0.1) is 5.92 Å². The molecule has 4 N–H and O–H groups in total. The Labute approximate surface area is 274 Å². The van der Waals surface area contributed by atoms with Crippen LogP contribution in [0.3, 0.4) is 0 Å². The molecule has 1 fully saturated rings. The molecule has 10 nitrogen and oxygen atoms in total. The average molecular weight is 639 g/mol. The van der Waals surface area contributed by atoms with Crippen molar-refractivity contribution >= 4 is 23.6 Å². The van der Waals surface area contributed by atoms with Gasteiger partial charge in [0.25, 0.3) is 5.91 Å². The Morgan fingerprint density at radius 2 is 1.60 bits per heavy atom. The number of hydrogen-bond acceptors (Lipinski definition) is 6. The minimum Gasteiger partial charge on any atom is -0.507 e. The van der Waals surface area contributed by atoms with E-state index in [2.05, 4.69) is 40.2 Å². The van der Waals surface area contributed by atoms with Crippen molar-refractivity contribution in [2.75, 3.05) is 13.1 Å². The van der Waals surface area contributed by atoms with Crippen LogP contribution in [0.25, 0.3) is 0 Å². The third kappa shape index (κ3) is 6.68. The highest BCUT2D eigenvalue weighted by atomic mass is 16.5. The first-order chi connectivity index (χ1) is 22.5. The molecule has 1 saturated heterocycles. The maximum Gasteiger partial charge on any atom is 0.255 e. The van der Waals surface area contributed by atoms with E-state index < -0.39 is 35.8 Å². The van der Waals surface area contributed by atoms with Crippen molar-refractivity contribution in [2.24, 2.45) is 5.92 Å². The van der Waals surface area contributed by atoms with Gasteiger partial charge in [-0.15, -0.1) is 0 Å². The number of rotatable bonds is 2. The summed E-state index contributed by atoms with van der Waals surface area (Å²) in [7, 11) is 0. The number of nitrogens with zero attached hydrogens (tertiary/aromatic N) is 1. The molecule has 4 aliphatic rings. The minimum absolute atomic E-state index is 0.0494. The van der Waals surface area contributed by atoms with E-state index in [0.717, 1.165) is 31.2 Å². The van der Waals surface area contributed by atoms with E-state index >= 15 is 0 Å². The lowest BCUT2D eigenvalue weighted by atomic mass is 9.74. The molecule has 3 heterocycles. The first-order valence-electron chi connectivity index (χ1n) is 16.4. The van der Waals surface area contributed by atoms with Crippen LogP contribution >= 0.6 is 0 Å². The molecular weight excluding hydrogens is 596 g/mol. The molecule has 3 aromatic carbocycles. The van der Waals surface area contributed by atoms with E-state index in [1.165, 1.54) is 23.3 Å². The average Bonchev–Trinajstić information content (AvgIpc) is 3.41. The van der Waals surface area contributed by atoms with Gasteiger partial charge in [0.15, 0.2) is 0 Å². The minimum atomic E-state index is -0.994. The molecule has 3 aromatic rings. The van der Waals surface area contributed by atoms with Gasteiger partial charge in [-0.2, -0.15) is 0 Å². The number of ether oxygens (including phenoxy) is 1. The molecule has 3 aliphatic heterocycles. The highest BCUT2D eigenvalue weighted by Gasteiger charge is 2.42. The Hall–Kier alpha value is -4.86. The molecule has 1 aliphatic carbocycles. The van der Waals surface area contributed by atoms with Crippen LogP contribution < -0.4 is 20.7 Å². The van der Waals surface area contributed by atoms with Crippen LogP contribution in [-0.2, 0) is 32.6 Å². The number of nitrogens with one attached hydrogen (secondary N) is 3. The summed E-state index contributed by atoms with van der Waals surface area (Å²) in [5.41, 5.74) is 3.66. The maximum absolute atomic E-state index is 14.1. The summed E-state index contributed by atoms with van der Waals surface area (Å²) < 4.78 is 5.97. The van der Waals surface area contributed by atoms with Crippen LogP contribution in [0.2, 0.25) is 0 Å². The summed E-state index contributed by atoms with van der Waals surface area (Å²) in [4.78, 5) is 56.0. The second kappa shape index (κ2) is 13.1. The smallest absolute Gasteiger partial charge is 0.255 e. The lowest BCUT2D eigenvalue weighted by Gasteiger charge is -2.41. The lowest BCUT2D eigenvalue weighted by Crippen LogP contribution is -2.58. The number of benzene rings is 3. The normalized spacial score (nSPS) is 22.9. The zero-order chi connectivity index (χ0) is 33.3. The SMILES string of the molecule is CC(C)[C@@H]1NC(=O)c2cc(ccc2O)Oc2ccc(cc2)C[C@@H](C(=O)N2CCC3(CCc4ccccc43)CC2)NC(=O)[C@H](C)NC1=O. The second-order valence-electron chi connectivity index (χ2n) is 13.4. The van der Waals surface area contributed by atoms with Gasteiger partial charge in [-0.05, 0) is 91.0 Å². The van der Waals surface area contributed by atoms with Gasteiger partial charge >= 0.3 is 0 Å².